The van der Waals surface area contributed by atoms with Crippen molar-refractivity contribution in [3.63, 3.8) is 0 Å². The molecule has 14 nitrogen and oxygen atoms in total. The van der Waals surface area contributed by atoms with Crippen LogP contribution in [0, 0.1) is 44.1 Å². The molecule has 0 heterocycles. The summed E-state index contributed by atoms with van der Waals surface area (Å²) >= 11 is 0. The fourth-order valence-electron chi connectivity index (χ4n) is 7.11. The van der Waals surface area contributed by atoms with Gasteiger partial charge in [0, 0.05) is 65.5 Å². The van der Waals surface area contributed by atoms with Crippen LogP contribution in [0.2, 0.25) is 0 Å². The van der Waals surface area contributed by atoms with Gasteiger partial charge in [0.05, 0.1) is 23.0 Å². The Morgan fingerprint density at radius 2 is 1.10 bits per heavy atom. The van der Waals surface area contributed by atoms with Gasteiger partial charge in [-0.25, -0.2) is 13.8 Å². The topological polar surface area (TPSA) is 212 Å². The maximum atomic E-state index is 16.0. The van der Waals surface area contributed by atoms with E-state index in [0.717, 1.165) is 12.4 Å². The van der Waals surface area contributed by atoms with Crippen molar-refractivity contribution in [3.8, 4) is 0 Å². The van der Waals surface area contributed by atoms with Crippen LogP contribution < -0.4 is 32.0 Å². The molecule has 4 amide bonds. The molecule has 9 N–H and O–H groups in total. The van der Waals surface area contributed by atoms with E-state index in [4.69, 9.17) is 10.8 Å². The van der Waals surface area contributed by atoms with E-state index in [1.54, 1.807) is 10.6 Å². The second-order valence-electron chi connectivity index (χ2n) is 19.7. The van der Waals surface area contributed by atoms with Gasteiger partial charge in [0.15, 0.2) is 0 Å². The Bertz CT molecular complexity index is 2400. The monoisotopic (exact) mass is 1060 g/mol. The highest BCUT2D eigenvalue weighted by molar-refractivity contribution is 6.08. The first-order chi connectivity index (χ1) is 33.6. The van der Waals surface area contributed by atoms with Crippen LogP contribution in [0.3, 0.4) is 0 Å². The smallest absolute Gasteiger partial charge is 0.390 e. The Morgan fingerprint density at radius 3 is 1.48 bits per heavy atom. The molecule has 2 aliphatic rings. The zero-order valence-electron chi connectivity index (χ0n) is 40.3. The van der Waals surface area contributed by atoms with Gasteiger partial charge in [-0.15, -0.1) is 0 Å². The van der Waals surface area contributed by atoms with E-state index in [2.05, 4.69) is 21.4 Å². The largest absolute Gasteiger partial charge is 0.396 e. The molecule has 2 saturated carbocycles. The highest BCUT2D eigenvalue weighted by atomic mass is 19.4. The molecule has 404 valence electrons. The summed E-state index contributed by atoms with van der Waals surface area (Å²) < 4.78 is 172. The Morgan fingerprint density at radius 1 is 0.685 bits per heavy atom. The summed E-state index contributed by atoms with van der Waals surface area (Å²) in [5.74, 6) is -8.00. The molecule has 0 aromatic heterocycles. The van der Waals surface area contributed by atoms with E-state index in [0.29, 0.717) is 57.3 Å². The molecular formula is C47H57F12N9O5. The first kappa shape index (κ1) is 59.4. The molecule has 0 unspecified atom stereocenters. The molecule has 0 aliphatic heterocycles. The van der Waals surface area contributed by atoms with Crippen LogP contribution in [0.15, 0.2) is 48.8 Å². The third-order valence-electron chi connectivity index (χ3n) is 13.2. The van der Waals surface area contributed by atoms with E-state index < -0.39 is 143 Å². The number of nitrogens with one attached hydrogen (secondary N) is 8. The summed E-state index contributed by atoms with van der Waals surface area (Å²) in [6.45, 7) is -3.23. The first-order valence-corrected chi connectivity index (χ1v) is 22.5. The molecule has 2 aliphatic carbocycles. The van der Waals surface area contributed by atoms with Gasteiger partial charge < -0.3 is 42.5 Å². The van der Waals surface area contributed by atoms with Crippen LogP contribution in [-0.4, -0.2) is 102 Å². The van der Waals surface area contributed by atoms with Crippen molar-refractivity contribution >= 4 is 47.2 Å². The number of allylic oxidation sites excluding steroid dienone is 2. The minimum Gasteiger partial charge on any atom is -0.390 e. The Labute approximate surface area is 412 Å². The molecule has 2 fully saturated rings. The Kier molecular flexibility index (Phi) is 18.7. The van der Waals surface area contributed by atoms with E-state index in [1.165, 1.54) is 38.1 Å². The predicted molar refractivity (Wildman–Crippen MR) is 243 cm³/mol. The highest BCUT2D eigenvalue weighted by Gasteiger charge is 2.59. The number of hydrogen-bond acceptors (Lipinski definition) is 10. The Hall–Kier alpha value is -6.18. The molecule has 2 aromatic carbocycles. The minimum absolute atomic E-state index is 0.0581. The third kappa shape index (κ3) is 15.0. The summed E-state index contributed by atoms with van der Waals surface area (Å²) in [5, 5.41) is 37.6. The first-order valence-electron chi connectivity index (χ1n) is 22.5. The standard InChI is InChI=1S/C47H57F12N9O5/c1-42(2,46(54,55)56)34(65-38(72)44(5)11-12-44)36(70)64-32(15-24-7-9-25(10-8-24)27(18-60)20-62-40(50)51)33(69)23-68(22-29-30(48)16-26(17-31(29)49)28(19-61)21-63-41(52)53)67-37(71)35(43(3,4)47(57,58)59)66-39(73)45(6)13-14-45/h7-10,16-21,32-35,40-41,60-63,69H,11-15,22-23H2,1-6H3,(H,64,70)(H,65,72)(H,66,73)(H,67,71)/b27-20+,28-21+,60-18?,61-19?/t32-,33-,34+,35+/m0/s1. The minimum atomic E-state index is -5.21. The lowest BCUT2D eigenvalue weighted by atomic mass is 9.82. The number of aliphatic hydroxyl groups excluding tert-OH is 1. The van der Waals surface area contributed by atoms with Crippen molar-refractivity contribution in [2.75, 3.05) is 6.54 Å². The van der Waals surface area contributed by atoms with Gasteiger partial charge >= 0.3 is 25.5 Å². The number of hydrogen-bond donors (Lipinski definition) is 9. The molecule has 4 rings (SSSR count). The summed E-state index contributed by atoms with van der Waals surface area (Å²) in [7, 11) is 0. The quantitative estimate of drug-likeness (QED) is 0.0214. The molecular weight excluding hydrogens is 999 g/mol. The van der Waals surface area contributed by atoms with Crippen molar-refractivity contribution in [3.05, 3.63) is 82.7 Å². The summed E-state index contributed by atoms with van der Waals surface area (Å²) in [4.78, 5) is 54.8. The number of rotatable bonds is 25. The number of hydrazine groups is 1. The number of amides is 4. The SMILES string of the molecule is CC1(C(=O)N[C@H](C(=O)N[C@@H](Cc2ccc(/C(C=N)=C/NC(F)F)cc2)[C@@H](O)CN(Cc2c(F)cc(/C(C=N)=C/NC(F)F)cc2F)NC(=O)[C@@H](NC(=O)C2(C)CC2)C(C)(C)C(F)(F)F)C(C)(C)C(F)(F)F)CC1. The van der Waals surface area contributed by atoms with Gasteiger partial charge in [0.1, 0.15) is 23.7 Å². The number of carbonyl (C=O) groups is 4. The lowest BCUT2D eigenvalue weighted by Crippen LogP contribution is -2.64. The number of carbonyl (C=O) groups excluding carboxylic acids is 4. The maximum absolute atomic E-state index is 16.0. The summed E-state index contributed by atoms with van der Waals surface area (Å²) in [6.07, 6.45) is -9.51. The zero-order chi connectivity index (χ0) is 55.2. The maximum Gasteiger partial charge on any atom is 0.396 e. The molecule has 0 saturated heterocycles. The zero-order valence-corrected chi connectivity index (χ0v) is 40.3. The fourth-order valence-corrected chi connectivity index (χ4v) is 7.11. The second kappa shape index (κ2) is 22.9. The van der Waals surface area contributed by atoms with Gasteiger partial charge in [-0.05, 0) is 88.6 Å². The number of halogens is 12. The number of benzene rings is 2. The van der Waals surface area contributed by atoms with Gasteiger partial charge in [0.25, 0.3) is 5.91 Å². The van der Waals surface area contributed by atoms with Crippen LogP contribution in [-0.2, 0) is 32.1 Å². The Balaban J connectivity index is 1.86. The lowest BCUT2D eigenvalue weighted by Gasteiger charge is -2.39. The molecule has 2 aromatic rings. The number of alkyl halides is 10. The van der Waals surface area contributed by atoms with Crippen molar-refractivity contribution < 1.29 is 77.0 Å². The van der Waals surface area contributed by atoms with Crippen molar-refractivity contribution in [1.29, 1.82) is 10.8 Å². The average Bonchev–Trinajstić information content (AvgIpc) is 4.22. The van der Waals surface area contributed by atoms with Crippen molar-refractivity contribution in [1.82, 2.24) is 37.0 Å². The summed E-state index contributed by atoms with van der Waals surface area (Å²) in [5.41, 5.74) is -7.96. The highest BCUT2D eigenvalue weighted by Crippen LogP contribution is 2.48. The number of nitrogens with zero attached hydrogens (tertiary/aromatic N) is 1. The van der Waals surface area contributed by atoms with E-state index in [1.807, 2.05) is 0 Å². The number of aliphatic hydroxyl groups is 1. The van der Waals surface area contributed by atoms with Crippen LogP contribution in [0.5, 0.6) is 0 Å². The van der Waals surface area contributed by atoms with Crippen LogP contribution in [0.4, 0.5) is 52.7 Å². The van der Waals surface area contributed by atoms with Gasteiger partial charge in [-0.3, -0.25) is 24.6 Å². The van der Waals surface area contributed by atoms with E-state index >= 15 is 8.78 Å². The van der Waals surface area contributed by atoms with Crippen molar-refractivity contribution in [2.24, 2.45) is 21.7 Å². The van der Waals surface area contributed by atoms with Crippen molar-refractivity contribution in [2.45, 2.75) is 130 Å². The molecule has 0 bridgehead atoms. The second-order valence-corrected chi connectivity index (χ2v) is 19.7. The van der Waals surface area contributed by atoms with Crippen LogP contribution >= 0.6 is 0 Å². The van der Waals surface area contributed by atoms with Gasteiger partial charge in [-0.2, -0.15) is 43.9 Å². The normalized spacial score (nSPS) is 17.5. The van der Waals surface area contributed by atoms with Gasteiger partial charge in [-0.1, -0.05) is 38.1 Å². The molecule has 0 spiro atoms. The third-order valence-corrected chi connectivity index (χ3v) is 13.2. The average molecular weight is 1060 g/mol. The molecule has 4 atom stereocenters. The molecule has 26 heteroatoms. The van der Waals surface area contributed by atoms with E-state index in [-0.39, 0.29) is 42.4 Å². The summed E-state index contributed by atoms with van der Waals surface area (Å²) in [6, 6.07) is -0.316. The van der Waals surface area contributed by atoms with E-state index in [9.17, 15) is 68.2 Å². The fraction of sp³-hybridized carbons (Fsp3) is 0.532. The van der Waals surface area contributed by atoms with Crippen LogP contribution in [0.25, 0.3) is 11.1 Å². The predicted octanol–water partition coefficient (Wildman–Crippen LogP) is 7.24. The molecule has 0 radical (unpaired) electrons. The van der Waals surface area contributed by atoms with Gasteiger partial charge in [0.2, 0.25) is 17.7 Å². The van der Waals surface area contributed by atoms with Crippen LogP contribution in [0.1, 0.15) is 89.5 Å². The lowest BCUT2D eigenvalue weighted by molar-refractivity contribution is -0.222. The molecule has 73 heavy (non-hydrogen) atoms.